The number of halogens is 1. The summed E-state index contributed by atoms with van der Waals surface area (Å²) < 4.78 is 0. The molecule has 0 fully saturated rings. The Bertz CT molecular complexity index is 115. The second kappa shape index (κ2) is 23.3. The van der Waals surface area contributed by atoms with Gasteiger partial charge in [0.15, 0.2) is 0 Å². The van der Waals surface area contributed by atoms with Crippen LogP contribution in [0.2, 0.25) is 0 Å². The number of carboxylic acids is 1. The van der Waals surface area contributed by atoms with Crippen molar-refractivity contribution in [3.8, 4) is 0 Å². The molecule has 0 aliphatic heterocycles. The molecule has 0 atom stereocenters. The fraction of sp³-hybridized carbons (Fsp3) is 0. The van der Waals surface area contributed by atoms with Crippen LogP contribution in [0.5, 0.6) is 0 Å². The van der Waals surface area contributed by atoms with Crippen molar-refractivity contribution in [1.82, 2.24) is 0 Å². The van der Waals surface area contributed by atoms with Crippen LogP contribution in [0.15, 0.2) is 37.6 Å². The van der Waals surface area contributed by atoms with Crippen molar-refractivity contribution < 1.29 is 15.0 Å². The van der Waals surface area contributed by atoms with Gasteiger partial charge in [0, 0.05) is 6.08 Å². The van der Waals surface area contributed by atoms with Gasteiger partial charge < -0.3 is 10.2 Å². The topological polar surface area (TPSA) is 57.5 Å². The molecule has 2 N–H and O–H groups in total. The molecule has 0 aromatic rings. The highest BCUT2D eigenvalue weighted by atomic mass is 35.5. The van der Waals surface area contributed by atoms with Crippen LogP contribution in [0, 0.1) is 0 Å². The summed E-state index contributed by atoms with van der Waals surface area (Å²) in [7, 11) is 0. The van der Waals surface area contributed by atoms with Crippen LogP contribution >= 0.6 is 11.6 Å². The van der Waals surface area contributed by atoms with Gasteiger partial charge in [0.2, 0.25) is 0 Å². The first kappa shape index (κ1) is 16.4. The lowest BCUT2D eigenvalue weighted by atomic mass is 10.7. The SMILES string of the molecule is C=CC(=O)O.C=CCl.C=CO. The van der Waals surface area contributed by atoms with E-state index >= 15 is 0 Å². The Balaban J connectivity index is -0.0000000933. The van der Waals surface area contributed by atoms with Gasteiger partial charge in [0.1, 0.15) is 0 Å². The minimum Gasteiger partial charge on any atom is -0.516 e. The largest absolute Gasteiger partial charge is 0.516 e. The van der Waals surface area contributed by atoms with Crippen molar-refractivity contribution in [3.05, 3.63) is 37.6 Å². The minimum atomic E-state index is -0.981. The summed E-state index contributed by atoms with van der Waals surface area (Å²) in [5, 5.41) is 14.9. The number of aliphatic hydroxyl groups is 1. The first-order valence-corrected chi connectivity index (χ1v) is 2.85. The maximum Gasteiger partial charge on any atom is 0.327 e. The molecule has 0 rings (SSSR count). The molecule has 11 heavy (non-hydrogen) atoms. The number of carbonyl (C=O) groups is 1. The van der Waals surface area contributed by atoms with E-state index < -0.39 is 5.97 Å². The Hall–Kier alpha value is -1.22. The molecule has 0 aromatic heterocycles. The van der Waals surface area contributed by atoms with Crippen molar-refractivity contribution in [2.24, 2.45) is 0 Å². The molecule has 0 saturated heterocycles. The van der Waals surface area contributed by atoms with Crippen molar-refractivity contribution in [1.29, 1.82) is 0 Å². The number of aliphatic carboxylic acids is 1. The van der Waals surface area contributed by atoms with Crippen LogP contribution in [0.25, 0.3) is 0 Å². The molecule has 0 aliphatic rings. The highest BCUT2D eigenvalue weighted by molar-refractivity contribution is 6.25. The van der Waals surface area contributed by atoms with Crippen LogP contribution in [-0.2, 0) is 4.79 Å². The fourth-order valence-corrected chi connectivity index (χ4v) is 0. The summed E-state index contributed by atoms with van der Waals surface area (Å²) in [5.41, 5.74) is 1.22. The lowest BCUT2D eigenvalue weighted by Crippen LogP contribution is -1.82. The van der Waals surface area contributed by atoms with E-state index in [1.165, 1.54) is 5.54 Å². The third-order valence-corrected chi connectivity index (χ3v) is 0.175. The molecular formula is C7H11ClO3. The van der Waals surface area contributed by atoms with E-state index in [4.69, 9.17) is 21.8 Å². The molecule has 0 aliphatic carbocycles. The number of carboxylic acid groups (broad SMARTS) is 1. The molecule has 3 nitrogen and oxygen atoms in total. The summed E-state index contributed by atoms with van der Waals surface area (Å²) in [6.07, 6.45) is 1.58. The average molecular weight is 179 g/mol. The van der Waals surface area contributed by atoms with Crippen molar-refractivity contribution in [2.45, 2.75) is 0 Å². The minimum absolute atomic E-state index is 0.750. The summed E-state index contributed by atoms with van der Waals surface area (Å²) in [6.45, 7) is 9.00. The Morgan fingerprint density at radius 1 is 1.36 bits per heavy atom. The Morgan fingerprint density at radius 3 is 1.45 bits per heavy atom. The Labute approximate surface area is 70.9 Å². The molecule has 0 saturated carbocycles. The standard InChI is InChI=1S/C3H4O2.C2H3Cl.C2H4O/c1-2-3(4)5;2*1-2-3/h2H,1H2,(H,4,5);2H,1H2;2-3H,1H2. The number of rotatable bonds is 1. The van der Waals surface area contributed by atoms with Crippen LogP contribution in [-0.4, -0.2) is 16.2 Å². The maximum atomic E-state index is 9.25. The van der Waals surface area contributed by atoms with Gasteiger partial charge >= 0.3 is 5.97 Å². The first-order valence-electron chi connectivity index (χ1n) is 2.42. The van der Waals surface area contributed by atoms with Gasteiger partial charge in [-0.2, -0.15) is 0 Å². The van der Waals surface area contributed by atoms with Crippen LogP contribution in [0.1, 0.15) is 0 Å². The second-order valence-electron chi connectivity index (χ2n) is 0.879. The molecular weight excluding hydrogens is 168 g/mol. The van der Waals surface area contributed by atoms with E-state index in [1.54, 1.807) is 0 Å². The van der Waals surface area contributed by atoms with Gasteiger partial charge in [0.25, 0.3) is 0 Å². The zero-order chi connectivity index (χ0) is 9.70. The highest BCUT2D eigenvalue weighted by Gasteiger charge is 1.73. The van der Waals surface area contributed by atoms with Crippen LogP contribution in [0.3, 0.4) is 0 Å². The Kier molecular flexibility index (Phi) is 34.7. The molecule has 4 heteroatoms. The van der Waals surface area contributed by atoms with Gasteiger partial charge in [-0.25, -0.2) is 4.79 Å². The van der Waals surface area contributed by atoms with Crippen LogP contribution < -0.4 is 0 Å². The summed E-state index contributed by atoms with van der Waals surface area (Å²) in [5.74, 6) is -0.981. The van der Waals surface area contributed by atoms with Gasteiger partial charge in [0.05, 0.1) is 6.26 Å². The smallest absolute Gasteiger partial charge is 0.327 e. The predicted molar refractivity (Wildman–Crippen MR) is 46.7 cm³/mol. The lowest BCUT2D eigenvalue weighted by molar-refractivity contribution is -0.131. The summed E-state index contributed by atoms with van der Waals surface area (Å²) in [4.78, 5) is 9.25. The third-order valence-electron chi connectivity index (χ3n) is 0.175. The maximum absolute atomic E-state index is 9.25. The molecule has 64 valence electrons. The number of hydrogen-bond donors (Lipinski definition) is 2. The van der Waals surface area contributed by atoms with Crippen molar-refractivity contribution in [3.63, 3.8) is 0 Å². The lowest BCUT2D eigenvalue weighted by Gasteiger charge is -1.64. The summed E-state index contributed by atoms with van der Waals surface area (Å²) >= 11 is 4.76. The van der Waals surface area contributed by atoms with Gasteiger partial charge in [-0.3, -0.25) is 0 Å². The molecule has 0 amide bonds. The average Bonchev–Trinajstić information content (AvgIpc) is 1.91. The number of aliphatic hydroxyl groups excluding tert-OH is 1. The van der Waals surface area contributed by atoms with E-state index in [1.807, 2.05) is 0 Å². The molecule has 0 spiro atoms. The van der Waals surface area contributed by atoms with E-state index in [-0.39, 0.29) is 0 Å². The molecule has 0 heterocycles. The van der Waals surface area contributed by atoms with Gasteiger partial charge in [-0.05, 0) is 5.54 Å². The highest BCUT2D eigenvalue weighted by Crippen LogP contribution is 1.60. The van der Waals surface area contributed by atoms with Gasteiger partial charge in [-0.1, -0.05) is 31.3 Å². The predicted octanol–water partition coefficient (Wildman–Crippen LogP) is 2.31. The molecule has 0 aromatic carbocycles. The first-order chi connectivity index (χ1) is 5.10. The Morgan fingerprint density at radius 2 is 1.45 bits per heavy atom. The monoisotopic (exact) mass is 178 g/mol. The van der Waals surface area contributed by atoms with E-state index in [2.05, 4.69) is 19.7 Å². The van der Waals surface area contributed by atoms with Gasteiger partial charge in [-0.15, -0.1) is 0 Å². The van der Waals surface area contributed by atoms with E-state index in [0.717, 1.165) is 12.3 Å². The van der Waals surface area contributed by atoms with Crippen molar-refractivity contribution in [2.75, 3.05) is 0 Å². The quantitative estimate of drug-likeness (QED) is 0.479. The molecule has 0 radical (unpaired) electrons. The third kappa shape index (κ3) is 663. The van der Waals surface area contributed by atoms with Crippen LogP contribution in [0.4, 0.5) is 0 Å². The zero-order valence-corrected chi connectivity index (χ0v) is 6.79. The van der Waals surface area contributed by atoms with Crippen molar-refractivity contribution >= 4 is 17.6 Å². The zero-order valence-electron chi connectivity index (χ0n) is 6.03. The van der Waals surface area contributed by atoms with E-state index in [9.17, 15) is 4.79 Å². The molecule has 0 unspecified atom stereocenters. The molecule has 0 bridgehead atoms. The normalized spacial score (nSPS) is 5.18. The second-order valence-corrected chi connectivity index (χ2v) is 1.19. The number of hydrogen-bond acceptors (Lipinski definition) is 2. The van der Waals surface area contributed by atoms with E-state index in [0.29, 0.717) is 0 Å². The fourth-order valence-electron chi connectivity index (χ4n) is 0. The summed E-state index contributed by atoms with van der Waals surface area (Å²) in [6, 6.07) is 0.